The summed E-state index contributed by atoms with van der Waals surface area (Å²) in [5, 5.41) is 8.78. The minimum atomic E-state index is -2.90. The van der Waals surface area contributed by atoms with Crippen LogP contribution in [0.4, 0.5) is 8.78 Å². The van der Waals surface area contributed by atoms with Crippen molar-refractivity contribution in [1.82, 2.24) is 0 Å². The summed E-state index contributed by atoms with van der Waals surface area (Å²) in [5.41, 5.74) is 0. The molecule has 0 saturated heterocycles. The summed E-state index contributed by atoms with van der Waals surface area (Å²) in [5.74, 6) is -3.04. The molecule has 9 heavy (non-hydrogen) atoms. The van der Waals surface area contributed by atoms with Crippen LogP contribution in [0.1, 0.15) is 19.8 Å². The Labute approximate surface area is 52.7 Å². The molecule has 0 aromatic rings. The molecule has 1 unspecified atom stereocenters. The molecule has 54 valence electrons. The van der Waals surface area contributed by atoms with Crippen LogP contribution in [-0.4, -0.2) is 17.1 Å². The van der Waals surface area contributed by atoms with E-state index in [4.69, 9.17) is 5.11 Å². The molecule has 0 amide bonds. The van der Waals surface area contributed by atoms with Crippen molar-refractivity contribution in [2.24, 2.45) is 5.92 Å². The van der Waals surface area contributed by atoms with Crippen LogP contribution in [0, 0.1) is 5.92 Å². The Morgan fingerprint density at radius 3 is 2.11 bits per heavy atom. The second kappa shape index (κ2) is 1.90. The second-order valence-corrected chi connectivity index (χ2v) is 2.74. The lowest BCUT2D eigenvalue weighted by Crippen LogP contribution is -2.31. The van der Waals surface area contributed by atoms with Crippen molar-refractivity contribution in [3.63, 3.8) is 0 Å². The van der Waals surface area contributed by atoms with Gasteiger partial charge in [-0.3, -0.25) is 0 Å². The Bertz CT molecular complexity index is 104. The zero-order valence-electron chi connectivity index (χ0n) is 5.27. The molecule has 0 radical (unpaired) electrons. The molecular weight excluding hydrogens is 126 g/mol. The van der Waals surface area contributed by atoms with Gasteiger partial charge in [0.15, 0.2) is 0 Å². The van der Waals surface area contributed by atoms with Gasteiger partial charge in [-0.2, -0.15) is 0 Å². The molecule has 0 bridgehead atoms. The van der Waals surface area contributed by atoms with Crippen LogP contribution < -0.4 is 0 Å². The second-order valence-electron chi connectivity index (χ2n) is 2.74. The number of aliphatic hydroxyl groups excluding tert-OH is 1. The Morgan fingerprint density at radius 2 is 2.00 bits per heavy atom. The zero-order chi connectivity index (χ0) is 7.07. The molecule has 1 N–H and O–H groups in total. The molecule has 1 aliphatic carbocycles. The van der Waals surface area contributed by atoms with Gasteiger partial charge in [0.25, 0.3) is 5.92 Å². The van der Waals surface area contributed by atoms with E-state index in [-0.39, 0.29) is 5.92 Å². The molecule has 0 aromatic carbocycles. The maximum Gasteiger partial charge on any atom is 0.270 e. The van der Waals surface area contributed by atoms with Gasteiger partial charge in [0.2, 0.25) is 0 Å². The summed E-state index contributed by atoms with van der Waals surface area (Å²) in [4.78, 5) is 0. The van der Waals surface area contributed by atoms with Gasteiger partial charge in [0.05, 0.1) is 0 Å². The first kappa shape index (κ1) is 6.93. The van der Waals surface area contributed by atoms with Gasteiger partial charge in [0, 0.05) is 6.92 Å². The number of rotatable bonds is 2. The third kappa shape index (κ3) is 1.61. The molecule has 1 atom stereocenters. The van der Waals surface area contributed by atoms with E-state index in [1.54, 1.807) is 0 Å². The van der Waals surface area contributed by atoms with Crippen LogP contribution in [0.15, 0.2) is 0 Å². The highest BCUT2D eigenvalue weighted by Crippen LogP contribution is 2.38. The Balaban J connectivity index is 2.40. The van der Waals surface area contributed by atoms with Crippen molar-refractivity contribution in [2.75, 3.05) is 0 Å². The van der Waals surface area contributed by atoms with Crippen LogP contribution in [0.25, 0.3) is 0 Å². The summed E-state index contributed by atoms with van der Waals surface area (Å²) >= 11 is 0. The highest BCUT2D eigenvalue weighted by molar-refractivity contribution is 4.87. The van der Waals surface area contributed by atoms with Crippen LogP contribution in [0.5, 0.6) is 0 Å². The smallest absolute Gasteiger partial charge is 0.270 e. The Kier molecular flexibility index (Phi) is 1.47. The van der Waals surface area contributed by atoms with E-state index in [2.05, 4.69) is 0 Å². The van der Waals surface area contributed by atoms with Gasteiger partial charge in [-0.05, 0) is 18.8 Å². The Hall–Kier alpha value is -0.180. The van der Waals surface area contributed by atoms with Gasteiger partial charge in [-0.15, -0.1) is 0 Å². The van der Waals surface area contributed by atoms with Crippen molar-refractivity contribution >= 4 is 0 Å². The first-order chi connectivity index (χ1) is 4.02. The van der Waals surface area contributed by atoms with Gasteiger partial charge >= 0.3 is 0 Å². The molecule has 0 aromatic heterocycles. The standard InChI is InChI=1S/C6H10F2O/c1-6(7,8)5(9)4-2-3-4/h4-5,9H,2-3H2,1H3. The fraction of sp³-hybridized carbons (Fsp3) is 1.00. The molecule has 1 fully saturated rings. The monoisotopic (exact) mass is 136 g/mol. The molecule has 0 heterocycles. The largest absolute Gasteiger partial charge is 0.387 e. The quantitative estimate of drug-likeness (QED) is 0.608. The maximum atomic E-state index is 12.2. The number of halogens is 2. The van der Waals surface area contributed by atoms with E-state index in [0.29, 0.717) is 0 Å². The minimum absolute atomic E-state index is 0.134. The SMILES string of the molecule is CC(F)(F)C(O)C1CC1. The summed E-state index contributed by atoms with van der Waals surface area (Å²) in [7, 11) is 0. The van der Waals surface area contributed by atoms with Crippen molar-refractivity contribution in [3.05, 3.63) is 0 Å². The van der Waals surface area contributed by atoms with Crippen molar-refractivity contribution < 1.29 is 13.9 Å². The lowest BCUT2D eigenvalue weighted by atomic mass is 10.1. The van der Waals surface area contributed by atoms with Crippen LogP contribution in [0.3, 0.4) is 0 Å². The Morgan fingerprint density at radius 1 is 1.56 bits per heavy atom. The number of aliphatic hydroxyl groups is 1. The number of hydrogen-bond acceptors (Lipinski definition) is 1. The molecule has 1 saturated carbocycles. The lowest BCUT2D eigenvalue weighted by Gasteiger charge is -2.16. The highest BCUT2D eigenvalue weighted by atomic mass is 19.3. The molecule has 1 nitrogen and oxygen atoms in total. The summed E-state index contributed by atoms with van der Waals surface area (Å²) < 4.78 is 24.3. The molecule has 3 heteroatoms. The van der Waals surface area contributed by atoms with Crippen LogP contribution >= 0.6 is 0 Å². The van der Waals surface area contributed by atoms with Gasteiger partial charge in [-0.1, -0.05) is 0 Å². The average Bonchev–Trinajstić information content (AvgIpc) is 2.40. The van der Waals surface area contributed by atoms with E-state index in [0.717, 1.165) is 19.8 Å². The van der Waals surface area contributed by atoms with Gasteiger partial charge in [0.1, 0.15) is 6.10 Å². The van der Waals surface area contributed by atoms with E-state index < -0.39 is 12.0 Å². The average molecular weight is 136 g/mol. The first-order valence-electron chi connectivity index (χ1n) is 3.07. The van der Waals surface area contributed by atoms with Gasteiger partial charge < -0.3 is 5.11 Å². The number of hydrogen-bond donors (Lipinski definition) is 1. The van der Waals surface area contributed by atoms with Crippen molar-refractivity contribution in [2.45, 2.75) is 31.8 Å². The van der Waals surface area contributed by atoms with E-state index in [1.807, 2.05) is 0 Å². The lowest BCUT2D eigenvalue weighted by molar-refractivity contribution is -0.102. The number of alkyl halides is 2. The van der Waals surface area contributed by atoms with Crippen LogP contribution in [0.2, 0.25) is 0 Å². The van der Waals surface area contributed by atoms with Gasteiger partial charge in [-0.25, -0.2) is 8.78 Å². The predicted octanol–water partition coefficient (Wildman–Crippen LogP) is 1.41. The molecular formula is C6H10F2O. The maximum absolute atomic E-state index is 12.2. The van der Waals surface area contributed by atoms with E-state index >= 15 is 0 Å². The molecule has 1 aliphatic rings. The van der Waals surface area contributed by atoms with Crippen molar-refractivity contribution in [1.29, 1.82) is 0 Å². The fourth-order valence-corrected chi connectivity index (χ4v) is 0.826. The van der Waals surface area contributed by atoms with E-state index in [1.165, 1.54) is 0 Å². The highest BCUT2D eigenvalue weighted by Gasteiger charge is 2.43. The van der Waals surface area contributed by atoms with Crippen molar-refractivity contribution in [3.8, 4) is 0 Å². The topological polar surface area (TPSA) is 20.2 Å². The van der Waals surface area contributed by atoms with E-state index in [9.17, 15) is 8.78 Å². The third-order valence-corrected chi connectivity index (χ3v) is 1.59. The summed E-state index contributed by atoms with van der Waals surface area (Å²) in [6.45, 7) is 0.760. The van der Waals surface area contributed by atoms with Crippen LogP contribution in [-0.2, 0) is 0 Å². The molecule has 0 aliphatic heterocycles. The first-order valence-corrected chi connectivity index (χ1v) is 3.07. The normalized spacial score (nSPS) is 24.0. The molecule has 0 spiro atoms. The zero-order valence-corrected chi connectivity index (χ0v) is 5.27. The predicted molar refractivity (Wildman–Crippen MR) is 29.4 cm³/mol. The summed E-state index contributed by atoms with van der Waals surface area (Å²) in [6.07, 6.45) is 0.104. The minimum Gasteiger partial charge on any atom is -0.387 e. The third-order valence-electron chi connectivity index (χ3n) is 1.59. The summed E-state index contributed by atoms with van der Waals surface area (Å²) in [6, 6.07) is 0. The molecule has 1 rings (SSSR count). The fourth-order valence-electron chi connectivity index (χ4n) is 0.826.